The number of amides is 1. The van der Waals surface area contributed by atoms with Gasteiger partial charge in [0.1, 0.15) is 6.04 Å². The lowest BCUT2D eigenvalue weighted by Crippen LogP contribution is -2.46. The van der Waals surface area contributed by atoms with Gasteiger partial charge in [0.2, 0.25) is 11.1 Å². The summed E-state index contributed by atoms with van der Waals surface area (Å²) in [6, 6.07) is 7.08. The second kappa shape index (κ2) is 9.33. The minimum atomic E-state index is -0.661. The summed E-state index contributed by atoms with van der Waals surface area (Å²) < 4.78 is 6.35. The van der Waals surface area contributed by atoms with Gasteiger partial charge in [-0.25, -0.2) is 4.79 Å². The molecule has 2 rings (SSSR count). The van der Waals surface area contributed by atoms with Crippen LogP contribution in [0.5, 0.6) is 0 Å². The first-order valence-corrected chi connectivity index (χ1v) is 9.30. The number of hydrogen-bond acceptors (Lipinski definition) is 7. The number of benzene rings is 1. The van der Waals surface area contributed by atoms with E-state index in [9.17, 15) is 9.59 Å². The molecule has 1 aromatic carbocycles. The zero-order valence-electron chi connectivity index (χ0n) is 15.3. The van der Waals surface area contributed by atoms with E-state index in [0.717, 1.165) is 17.7 Å². The number of carbonyl (C=O) groups is 2. The number of aromatic nitrogens is 4. The maximum absolute atomic E-state index is 12.3. The zero-order chi connectivity index (χ0) is 19.1. The van der Waals surface area contributed by atoms with Gasteiger partial charge < -0.3 is 10.1 Å². The third-order valence-electron chi connectivity index (χ3n) is 4.04. The highest BCUT2D eigenvalue weighted by molar-refractivity contribution is 7.99. The molecule has 26 heavy (non-hydrogen) atoms. The second-order valence-corrected chi connectivity index (χ2v) is 6.89. The van der Waals surface area contributed by atoms with Crippen LogP contribution in [0.25, 0.3) is 5.69 Å². The molecule has 2 atom stereocenters. The lowest BCUT2D eigenvalue weighted by atomic mass is 9.99. The van der Waals surface area contributed by atoms with Crippen molar-refractivity contribution in [2.45, 2.75) is 38.4 Å². The second-order valence-electron chi connectivity index (χ2n) is 5.95. The van der Waals surface area contributed by atoms with Crippen molar-refractivity contribution < 1.29 is 14.3 Å². The zero-order valence-corrected chi connectivity index (χ0v) is 16.1. The Hall–Kier alpha value is -2.42. The molecule has 1 amide bonds. The van der Waals surface area contributed by atoms with Crippen molar-refractivity contribution in [1.82, 2.24) is 25.5 Å². The Morgan fingerprint density at radius 3 is 2.62 bits per heavy atom. The molecule has 140 valence electrons. The molecule has 9 heteroatoms. The minimum absolute atomic E-state index is 0.0192. The quantitative estimate of drug-likeness (QED) is 0.553. The van der Waals surface area contributed by atoms with Crippen LogP contribution in [0.4, 0.5) is 0 Å². The summed E-state index contributed by atoms with van der Waals surface area (Å²) >= 11 is 1.20. The predicted octanol–water partition coefficient (Wildman–Crippen LogP) is 1.77. The van der Waals surface area contributed by atoms with E-state index in [1.165, 1.54) is 18.9 Å². The van der Waals surface area contributed by atoms with Gasteiger partial charge in [0.25, 0.3) is 0 Å². The lowest BCUT2D eigenvalue weighted by Gasteiger charge is -2.21. The largest absolute Gasteiger partial charge is 0.467 e. The van der Waals surface area contributed by atoms with Crippen LogP contribution in [0.1, 0.15) is 25.8 Å². The molecule has 0 radical (unpaired) electrons. The van der Waals surface area contributed by atoms with Gasteiger partial charge in [-0.3, -0.25) is 4.79 Å². The fourth-order valence-corrected chi connectivity index (χ4v) is 2.96. The number of tetrazole rings is 1. The molecule has 1 N–H and O–H groups in total. The average molecular weight is 377 g/mol. The van der Waals surface area contributed by atoms with Crippen LogP contribution in [-0.4, -0.2) is 51.0 Å². The van der Waals surface area contributed by atoms with Crippen molar-refractivity contribution >= 4 is 23.6 Å². The molecular formula is C17H23N5O3S. The van der Waals surface area contributed by atoms with Crippen LogP contribution >= 0.6 is 11.8 Å². The van der Waals surface area contributed by atoms with Crippen molar-refractivity contribution in [3.8, 4) is 5.69 Å². The van der Waals surface area contributed by atoms with E-state index in [1.54, 1.807) is 4.68 Å². The number of ether oxygens (including phenoxy) is 1. The van der Waals surface area contributed by atoms with E-state index in [1.807, 2.05) is 45.0 Å². The first-order chi connectivity index (χ1) is 12.5. The lowest BCUT2D eigenvalue weighted by molar-refractivity contribution is -0.146. The van der Waals surface area contributed by atoms with Gasteiger partial charge in [-0.05, 0) is 35.4 Å². The van der Waals surface area contributed by atoms with E-state index in [-0.39, 0.29) is 17.6 Å². The van der Waals surface area contributed by atoms with Gasteiger partial charge in [-0.1, -0.05) is 49.7 Å². The Labute approximate surface area is 156 Å². The summed E-state index contributed by atoms with van der Waals surface area (Å²) in [6.45, 7) is 5.85. The summed E-state index contributed by atoms with van der Waals surface area (Å²) in [5.41, 5.74) is 1.95. The summed E-state index contributed by atoms with van der Waals surface area (Å²) in [6.07, 6.45) is 0.749. The molecular weight excluding hydrogens is 354 g/mol. The highest BCUT2D eigenvalue weighted by Crippen LogP contribution is 2.18. The Balaban J connectivity index is 2.00. The predicted molar refractivity (Wildman–Crippen MR) is 98.0 cm³/mol. The van der Waals surface area contributed by atoms with Crippen LogP contribution in [0.15, 0.2) is 29.4 Å². The molecule has 0 aliphatic heterocycles. The molecule has 8 nitrogen and oxygen atoms in total. The molecule has 1 heterocycles. The van der Waals surface area contributed by atoms with Crippen molar-refractivity contribution in [3.05, 3.63) is 29.8 Å². The van der Waals surface area contributed by atoms with E-state index in [4.69, 9.17) is 4.74 Å². The van der Waals surface area contributed by atoms with Gasteiger partial charge in [-0.15, -0.1) is 5.10 Å². The third-order valence-corrected chi connectivity index (χ3v) is 4.96. The number of carbonyl (C=O) groups excluding carboxylic acids is 2. The topological polar surface area (TPSA) is 99.0 Å². The fraction of sp³-hybridized carbons (Fsp3) is 0.471. The van der Waals surface area contributed by atoms with Crippen molar-refractivity contribution in [2.24, 2.45) is 5.92 Å². The van der Waals surface area contributed by atoms with Gasteiger partial charge in [0.15, 0.2) is 0 Å². The minimum Gasteiger partial charge on any atom is -0.467 e. The number of methoxy groups -OCH3 is 1. The molecule has 1 aromatic heterocycles. The molecule has 0 aliphatic rings. The van der Waals surface area contributed by atoms with Crippen LogP contribution in [0, 0.1) is 12.8 Å². The highest BCUT2D eigenvalue weighted by atomic mass is 32.2. The number of hydrogen-bond donors (Lipinski definition) is 1. The number of aryl methyl sites for hydroxylation is 1. The Morgan fingerprint density at radius 1 is 1.31 bits per heavy atom. The van der Waals surface area contributed by atoms with Crippen LogP contribution in [-0.2, 0) is 14.3 Å². The maximum Gasteiger partial charge on any atom is 0.328 e. The summed E-state index contributed by atoms with van der Waals surface area (Å²) in [7, 11) is 1.31. The van der Waals surface area contributed by atoms with Crippen molar-refractivity contribution in [3.63, 3.8) is 0 Å². The molecule has 0 spiro atoms. The van der Waals surface area contributed by atoms with Gasteiger partial charge in [0.05, 0.1) is 18.6 Å². The normalized spacial score (nSPS) is 13.1. The first kappa shape index (κ1) is 19.9. The van der Waals surface area contributed by atoms with Crippen LogP contribution < -0.4 is 5.32 Å². The highest BCUT2D eigenvalue weighted by Gasteiger charge is 2.26. The summed E-state index contributed by atoms with van der Waals surface area (Å²) in [5.74, 6) is -0.642. The SMILES string of the molecule is CC[C@H](C)[C@H](NC(=O)CSc1nnnn1-c1ccc(C)cc1)C(=O)OC. The third kappa shape index (κ3) is 5.04. The van der Waals surface area contributed by atoms with E-state index >= 15 is 0 Å². The number of thioether (sulfide) groups is 1. The molecule has 0 unspecified atom stereocenters. The Bertz CT molecular complexity index is 747. The molecule has 0 bridgehead atoms. The summed E-state index contributed by atoms with van der Waals surface area (Å²) in [4.78, 5) is 24.1. The Kier molecular flexibility index (Phi) is 7.14. The van der Waals surface area contributed by atoms with E-state index < -0.39 is 12.0 Å². The molecule has 0 fully saturated rings. The maximum atomic E-state index is 12.3. The van der Waals surface area contributed by atoms with Gasteiger partial charge in [0, 0.05) is 0 Å². The van der Waals surface area contributed by atoms with E-state index in [2.05, 4.69) is 20.8 Å². The number of nitrogens with zero attached hydrogens (tertiary/aromatic N) is 4. The van der Waals surface area contributed by atoms with Gasteiger partial charge >= 0.3 is 5.97 Å². The van der Waals surface area contributed by atoms with Crippen molar-refractivity contribution in [1.29, 1.82) is 0 Å². The van der Waals surface area contributed by atoms with Crippen LogP contribution in [0.2, 0.25) is 0 Å². The number of esters is 1. The van der Waals surface area contributed by atoms with E-state index in [0.29, 0.717) is 5.16 Å². The molecule has 0 aliphatic carbocycles. The molecule has 2 aromatic rings. The smallest absolute Gasteiger partial charge is 0.328 e. The number of rotatable bonds is 8. The summed E-state index contributed by atoms with van der Waals surface area (Å²) in [5, 5.41) is 14.8. The molecule has 0 saturated heterocycles. The van der Waals surface area contributed by atoms with Gasteiger partial charge in [-0.2, -0.15) is 4.68 Å². The van der Waals surface area contributed by atoms with Crippen LogP contribution in [0.3, 0.4) is 0 Å². The monoisotopic (exact) mass is 377 g/mol. The molecule has 0 saturated carbocycles. The first-order valence-electron chi connectivity index (χ1n) is 8.31. The average Bonchev–Trinajstić information content (AvgIpc) is 3.12. The Morgan fingerprint density at radius 2 is 2.00 bits per heavy atom. The standard InChI is InChI=1S/C17H23N5O3S/c1-5-12(3)15(16(24)25-4)18-14(23)10-26-17-19-20-21-22(17)13-8-6-11(2)7-9-13/h6-9,12,15H,5,10H2,1-4H3,(H,18,23)/t12-,15-/m0/s1. The van der Waals surface area contributed by atoms with Crippen molar-refractivity contribution in [2.75, 3.05) is 12.9 Å². The fourth-order valence-electron chi connectivity index (χ4n) is 2.26. The number of nitrogens with one attached hydrogen (secondary N) is 1.